The topological polar surface area (TPSA) is 27.7 Å². The first-order valence-electron chi connectivity index (χ1n) is 11.8. The van der Waals surface area contributed by atoms with Crippen LogP contribution < -0.4 is 9.47 Å². The molecule has 4 atom stereocenters. The first-order valence-corrected chi connectivity index (χ1v) is 11.8. The zero-order valence-electron chi connectivity index (χ0n) is 18.6. The molecular formula is C30H24O3. The van der Waals surface area contributed by atoms with Gasteiger partial charge in [-0.2, -0.15) is 0 Å². The highest BCUT2D eigenvalue weighted by Crippen LogP contribution is 2.74. The van der Waals surface area contributed by atoms with E-state index >= 15 is 0 Å². The fraction of sp³-hybridized carbons (Fsp3) is 0.267. The lowest BCUT2D eigenvalue weighted by molar-refractivity contribution is 0.0519. The summed E-state index contributed by atoms with van der Waals surface area (Å²) in [6.45, 7) is 0. The second kappa shape index (κ2) is 6.18. The van der Waals surface area contributed by atoms with Crippen molar-refractivity contribution < 1.29 is 14.2 Å². The Morgan fingerprint density at radius 1 is 0.545 bits per heavy atom. The van der Waals surface area contributed by atoms with Gasteiger partial charge in [0.15, 0.2) is 0 Å². The van der Waals surface area contributed by atoms with Crippen molar-refractivity contribution in [3.63, 3.8) is 0 Å². The first-order chi connectivity index (χ1) is 16.3. The molecule has 33 heavy (non-hydrogen) atoms. The van der Waals surface area contributed by atoms with Crippen molar-refractivity contribution in [2.75, 3.05) is 14.2 Å². The van der Waals surface area contributed by atoms with Gasteiger partial charge < -0.3 is 14.2 Å². The van der Waals surface area contributed by atoms with Crippen molar-refractivity contribution in [3.05, 3.63) is 106 Å². The van der Waals surface area contributed by atoms with Gasteiger partial charge in [-0.3, -0.25) is 0 Å². The summed E-state index contributed by atoms with van der Waals surface area (Å²) in [5.74, 6) is 3.40. The molecule has 162 valence electrons. The van der Waals surface area contributed by atoms with Crippen LogP contribution in [0.1, 0.15) is 57.4 Å². The fourth-order valence-corrected chi connectivity index (χ4v) is 7.80. The molecule has 3 aliphatic carbocycles. The molecule has 9 rings (SSSR count). The minimum atomic E-state index is 0.0117. The molecule has 4 bridgehead atoms. The number of rotatable bonds is 2. The molecule has 0 amide bonds. The van der Waals surface area contributed by atoms with Gasteiger partial charge in [-0.1, -0.05) is 72.8 Å². The summed E-state index contributed by atoms with van der Waals surface area (Å²) in [6, 6.07) is 26.5. The van der Waals surface area contributed by atoms with Crippen molar-refractivity contribution in [2.24, 2.45) is 11.8 Å². The third-order valence-corrected chi connectivity index (χ3v) is 8.71. The number of hydrogen-bond acceptors (Lipinski definition) is 3. The summed E-state index contributed by atoms with van der Waals surface area (Å²) in [7, 11) is 3.57. The summed E-state index contributed by atoms with van der Waals surface area (Å²) in [5, 5.41) is 2.20. The quantitative estimate of drug-likeness (QED) is 0.362. The second-order valence-electron chi connectivity index (χ2n) is 9.78. The van der Waals surface area contributed by atoms with Gasteiger partial charge >= 0.3 is 0 Å². The third-order valence-electron chi connectivity index (χ3n) is 8.71. The molecule has 1 saturated heterocycles. The Balaban J connectivity index is 1.44. The average molecular weight is 433 g/mol. The average Bonchev–Trinajstić information content (AvgIpc) is 3.45. The predicted octanol–water partition coefficient (Wildman–Crippen LogP) is 6.51. The fourth-order valence-electron chi connectivity index (χ4n) is 7.80. The molecular weight excluding hydrogens is 408 g/mol. The molecule has 5 aliphatic rings. The molecule has 0 N–H and O–H groups in total. The van der Waals surface area contributed by atoms with E-state index < -0.39 is 0 Å². The molecule has 1 fully saturated rings. The molecule has 4 unspecified atom stereocenters. The maximum absolute atomic E-state index is 6.93. The summed E-state index contributed by atoms with van der Waals surface area (Å²) in [4.78, 5) is 0. The molecule has 4 aromatic rings. The van der Waals surface area contributed by atoms with E-state index in [9.17, 15) is 0 Å². The van der Waals surface area contributed by atoms with Gasteiger partial charge in [0.1, 0.15) is 11.5 Å². The van der Waals surface area contributed by atoms with Gasteiger partial charge in [-0.25, -0.2) is 0 Å². The van der Waals surface area contributed by atoms with Crippen molar-refractivity contribution >= 4 is 10.8 Å². The Hall–Kier alpha value is -3.30. The van der Waals surface area contributed by atoms with Crippen LogP contribution >= 0.6 is 0 Å². The third kappa shape index (κ3) is 1.98. The highest BCUT2D eigenvalue weighted by Gasteiger charge is 2.64. The van der Waals surface area contributed by atoms with Crippen molar-refractivity contribution in [2.45, 2.75) is 24.0 Å². The second-order valence-corrected chi connectivity index (χ2v) is 9.78. The van der Waals surface area contributed by atoms with Crippen LogP contribution in [-0.4, -0.2) is 14.2 Å². The molecule has 0 saturated carbocycles. The van der Waals surface area contributed by atoms with Crippen LogP contribution in [0.15, 0.2) is 72.8 Å². The Bertz CT molecular complexity index is 1320. The summed E-state index contributed by atoms with van der Waals surface area (Å²) >= 11 is 0. The maximum atomic E-state index is 6.93. The van der Waals surface area contributed by atoms with Gasteiger partial charge in [-0.05, 0) is 22.3 Å². The van der Waals surface area contributed by atoms with Crippen LogP contribution in [0.2, 0.25) is 0 Å². The summed E-state index contributed by atoms with van der Waals surface area (Å²) < 4.78 is 19.1. The lowest BCUT2D eigenvalue weighted by atomic mass is 9.50. The Morgan fingerprint density at radius 3 is 1.27 bits per heavy atom. The normalized spacial score (nSPS) is 29.4. The van der Waals surface area contributed by atoms with Gasteiger partial charge in [-0.15, -0.1) is 0 Å². The Morgan fingerprint density at radius 2 is 0.909 bits per heavy atom. The van der Waals surface area contributed by atoms with E-state index in [0.717, 1.165) is 22.3 Å². The van der Waals surface area contributed by atoms with E-state index in [1.807, 2.05) is 0 Å². The van der Waals surface area contributed by atoms with E-state index in [2.05, 4.69) is 72.8 Å². The standard InChI is InChI=1S/C30H24O3/c1-31-27-19-13-7-8-14-20(19)28(32-2)26-25(27)29-23-21-15-9-3-5-11-17(15)22(24(23)30(26)33-29)18-12-6-4-10-16(18)21/h3-14,21-24,29-30H,1-2H3. The predicted molar refractivity (Wildman–Crippen MR) is 127 cm³/mol. The first kappa shape index (κ1) is 18.2. The minimum absolute atomic E-state index is 0.0117. The molecule has 4 aromatic carbocycles. The molecule has 0 spiro atoms. The Labute approximate surface area is 192 Å². The van der Waals surface area contributed by atoms with Crippen LogP contribution in [0.25, 0.3) is 10.8 Å². The van der Waals surface area contributed by atoms with Gasteiger partial charge in [0, 0.05) is 45.6 Å². The van der Waals surface area contributed by atoms with E-state index in [-0.39, 0.29) is 12.2 Å². The highest BCUT2D eigenvalue weighted by atomic mass is 16.5. The van der Waals surface area contributed by atoms with E-state index in [1.54, 1.807) is 14.2 Å². The maximum Gasteiger partial charge on any atom is 0.133 e. The number of methoxy groups -OCH3 is 2. The van der Waals surface area contributed by atoms with Crippen LogP contribution in [0.3, 0.4) is 0 Å². The molecule has 3 nitrogen and oxygen atoms in total. The summed E-state index contributed by atoms with van der Waals surface area (Å²) in [6.07, 6.45) is 0.0235. The van der Waals surface area contributed by atoms with Gasteiger partial charge in [0.2, 0.25) is 0 Å². The van der Waals surface area contributed by atoms with Crippen LogP contribution in [-0.2, 0) is 4.74 Å². The van der Waals surface area contributed by atoms with E-state index in [0.29, 0.717) is 23.7 Å². The molecule has 3 heteroatoms. The number of fused-ring (bicyclic) bond motifs is 6. The van der Waals surface area contributed by atoms with Crippen molar-refractivity contribution in [3.8, 4) is 11.5 Å². The van der Waals surface area contributed by atoms with E-state index in [1.165, 1.54) is 33.4 Å². The van der Waals surface area contributed by atoms with Crippen molar-refractivity contribution in [1.29, 1.82) is 0 Å². The van der Waals surface area contributed by atoms with Crippen LogP contribution in [0.5, 0.6) is 11.5 Å². The highest BCUT2D eigenvalue weighted by molar-refractivity contribution is 5.97. The van der Waals surface area contributed by atoms with Crippen molar-refractivity contribution in [1.82, 2.24) is 0 Å². The smallest absolute Gasteiger partial charge is 0.133 e. The molecule has 2 aliphatic heterocycles. The monoisotopic (exact) mass is 432 g/mol. The largest absolute Gasteiger partial charge is 0.496 e. The minimum Gasteiger partial charge on any atom is -0.496 e. The lowest BCUT2D eigenvalue weighted by Gasteiger charge is -2.51. The van der Waals surface area contributed by atoms with Crippen LogP contribution in [0.4, 0.5) is 0 Å². The number of benzene rings is 4. The van der Waals surface area contributed by atoms with Gasteiger partial charge in [0.25, 0.3) is 0 Å². The lowest BCUT2D eigenvalue weighted by Crippen LogP contribution is -2.42. The van der Waals surface area contributed by atoms with Gasteiger partial charge in [0.05, 0.1) is 26.4 Å². The van der Waals surface area contributed by atoms with Crippen LogP contribution in [0, 0.1) is 11.8 Å². The summed E-state index contributed by atoms with van der Waals surface area (Å²) in [5.41, 5.74) is 8.33. The molecule has 2 heterocycles. The molecule has 0 radical (unpaired) electrons. The zero-order chi connectivity index (χ0) is 21.8. The SMILES string of the molecule is COc1c2c(c(OC)c3ccccc13)C1OC2C2C3c4ccccc4C(c4ccccc43)C12. The van der Waals surface area contributed by atoms with E-state index in [4.69, 9.17) is 14.2 Å². The molecule has 0 aromatic heterocycles. The number of ether oxygens (including phenoxy) is 3. The zero-order valence-corrected chi connectivity index (χ0v) is 18.6. The Kier molecular flexibility index (Phi) is 3.40. The number of hydrogen-bond donors (Lipinski definition) is 0.